The highest BCUT2D eigenvalue weighted by molar-refractivity contribution is 7.99. The molecule has 2 heterocycles. The second kappa shape index (κ2) is 6.55. The number of halogens is 1. The van der Waals surface area contributed by atoms with Crippen molar-refractivity contribution in [2.75, 3.05) is 11.5 Å². The van der Waals surface area contributed by atoms with Gasteiger partial charge in [-0.25, -0.2) is 4.79 Å². The first-order valence-corrected chi connectivity index (χ1v) is 9.34. The average Bonchev–Trinajstić information content (AvgIpc) is 3.17. The molecule has 1 atom stereocenters. The minimum Gasteiger partial charge on any atom is -0.479 e. The smallest absolute Gasteiger partial charge is 0.330 e. The van der Waals surface area contributed by atoms with Crippen LogP contribution in [0.3, 0.4) is 0 Å². The van der Waals surface area contributed by atoms with Gasteiger partial charge in [0.05, 0.1) is 4.88 Å². The molecule has 0 saturated carbocycles. The lowest BCUT2D eigenvalue weighted by Gasteiger charge is -2.24. The number of carbonyl (C=O) groups is 2. The summed E-state index contributed by atoms with van der Waals surface area (Å²) in [4.78, 5) is 25.4. The highest BCUT2D eigenvalue weighted by atomic mass is 35.5. The van der Waals surface area contributed by atoms with Gasteiger partial charge in [0.2, 0.25) is 0 Å². The van der Waals surface area contributed by atoms with Gasteiger partial charge >= 0.3 is 5.97 Å². The molecule has 120 valence electrons. The summed E-state index contributed by atoms with van der Waals surface area (Å²) in [6.45, 7) is 0. The molecule has 0 spiro atoms. The summed E-state index contributed by atoms with van der Waals surface area (Å²) in [6.07, 6.45) is 0.453. The molecule has 0 bridgehead atoms. The Bertz CT molecular complexity index is 736. The zero-order valence-corrected chi connectivity index (χ0v) is 14.4. The number of thioether (sulfide) groups is 1. The molecule has 7 heteroatoms. The molecule has 1 unspecified atom stereocenters. The number of carboxylic acid groups (broad SMARTS) is 1. The van der Waals surface area contributed by atoms with Crippen molar-refractivity contribution in [2.24, 2.45) is 0 Å². The topological polar surface area (TPSA) is 66.4 Å². The number of hydrogen-bond donors (Lipinski definition) is 2. The quantitative estimate of drug-likeness (QED) is 0.863. The maximum absolute atomic E-state index is 12.4. The third-order valence-electron chi connectivity index (χ3n) is 3.74. The van der Waals surface area contributed by atoms with Gasteiger partial charge in [-0.1, -0.05) is 23.7 Å². The Labute approximate surface area is 146 Å². The monoisotopic (exact) mass is 367 g/mol. The standard InChI is InChI=1S/C16H14ClNO3S2/c17-11-3-1-10(2-4-11)12-5-6-13(23-12)14(19)18-16(15(20)21)7-8-22-9-16/h1-6H,7-9H2,(H,18,19)(H,20,21). The Kier molecular flexibility index (Phi) is 4.66. The van der Waals surface area contributed by atoms with Crippen molar-refractivity contribution in [3.8, 4) is 10.4 Å². The number of hydrogen-bond acceptors (Lipinski definition) is 4. The average molecular weight is 368 g/mol. The van der Waals surface area contributed by atoms with Crippen LogP contribution in [0.4, 0.5) is 0 Å². The van der Waals surface area contributed by atoms with Gasteiger partial charge < -0.3 is 10.4 Å². The first kappa shape index (κ1) is 16.4. The van der Waals surface area contributed by atoms with Crippen LogP contribution in [0.1, 0.15) is 16.1 Å². The Morgan fingerprint density at radius 1 is 1.17 bits per heavy atom. The van der Waals surface area contributed by atoms with Crippen molar-refractivity contribution < 1.29 is 14.7 Å². The zero-order chi connectivity index (χ0) is 16.4. The van der Waals surface area contributed by atoms with E-state index in [9.17, 15) is 14.7 Å². The molecule has 1 aromatic heterocycles. The molecule has 0 aliphatic carbocycles. The number of rotatable bonds is 4. The highest BCUT2D eigenvalue weighted by Crippen LogP contribution is 2.31. The molecular weight excluding hydrogens is 354 g/mol. The molecule has 3 rings (SSSR count). The zero-order valence-electron chi connectivity index (χ0n) is 12.0. The molecule has 2 N–H and O–H groups in total. The molecule has 1 aliphatic heterocycles. The number of carbonyl (C=O) groups excluding carboxylic acids is 1. The second-order valence-electron chi connectivity index (χ2n) is 5.31. The predicted molar refractivity (Wildman–Crippen MR) is 94.5 cm³/mol. The van der Waals surface area contributed by atoms with Gasteiger partial charge in [0.15, 0.2) is 0 Å². The van der Waals surface area contributed by atoms with E-state index in [4.69, 9.17) is 11.6 Å². The molecule has 2 aromatic rings. The fourth-order valence-corrected chi connectivity index (χ4v) is 4.75. The maximum atomic E-state index is 12.4. The van der Waals surface area contributed by atoms with Gasteiger partial charge in [0.25, 0.3) is 5.91 Å². The van der Waals surface area contributed by atoms with Gasteiger partial charge in [-0.2, -0.15) is 11.8 Å². The fourth-order valence-electron chi connectivity index (χ4n) is 2.39. The van der Waals surface area contributed by atoms with Crippen LogP contribution in [0.2, 0.25) is 5.02 Å². The number of nitrogens with one attached hydrogen (secondary N) is 1. The van der Waals surface area contributed by atoms with Crippen LogP contribution in [0, 0.1) is 0 Å². The van der Waals surface area contributed by atoms with Crippen molar-refractivity contribution in [1.29, 1.82) is 0 Å². The summed E-state index contributed by atoms with van der Waals surface area (Å²) >= 11 is 8.76. The molecular formula is C16H14ClNO3S2. The van der Waals surface area contributed by atoms with Crippen LogP contribution in [0.15, 0.2) is 36.4 Å². The second-order valence-corrected chi connectivity index (χ2v) is 7.94. The lowest BCUT2D eigenvalue weighted by molar-refractivity contribution is -0.143. The van der Waals surface area contributed by atoms with E-state index in [2.05, 4.69) is 5.32 Å². The number of carboxylic acids is 1. The third-order valence-corrected chi connectivity index (χ3v) is 6.32. The number of aliphatic carboxylic acids is 1. The van der Waals surface area contributed by atoms with Crippen molar-refractivity contribution >= 4 is 46.6 Å². The normalized spacial score (nSPS) is 20.4. The summed E-state index contributed by atoms with van der Waals surface area (Å²) in [5.74, 6) is -0.151. The van der Waals surface area contributed by atoms with Crippen molar-refractivity contribution in [2.45, 2.75) is 12.0 Å². The van der Waals surface area contributed by atoms with Gasteiger partial charge in [0.1, 0.15) is 5.54 Å². The van der Waals surface area contributed by atoms with Crippen LogP contribution in [0.25, 0.3) is 10.4 Å². The van der Waals surface area contributed by atoms with Gasteiger partial charge in [-0.3, -0.25) is 4.79 Å². The highest BCUT2D eigenvalue weighted by Gasteiger charge is 2.43. The maximum Gasteiger partial charge on any atom is 0.330 e. The van der Waals surface area contributed by atoms with Gasteiger partial charge in [0, 0.05) is 15.7 Å². The Morgan fingerprint density at radius 3 is 2.52 bits per heavy atom. The van der Waals surface area contributed by atoms with Crippen molar-refractivity contribution in [1.82, 2.24) is 5.32 Å². The van der Waals surface area contributed by atoms with E-state index in [-0.39, 0.29) is 5.91 Å². The van der Waals surface area contributed by atoms with E-state index >= 15 is 0 Å². The molecule has 1 saturated heterocycles. The van der Waals surface area contributed by atoms with Gasteiger partial charge in [-0.05, 0) is 42.0 Å². The van der Waals surface area contributed by atoms with E-state index in [1.54, 1.807) is 30.0 Å². The Hall–Kier alpha value is -1.50. The predicted octanol–water partition coefficient (Wildman–Crippen LogP) is 3.76. The molecule has 1 fully saturated rings. The molecule has 1 aromatic carbocycles. The number of thiophene rings is 1. The van der Waals surface area contributed by atoms with Crippen LogP contribution >= 0.6 is 34.7 Å². The van der Waals surface area contributed by atoms with E-state index in [1.165, 1.54) is 11.3 Å². The van der Waals surface area contributed by atoms with E-state index in [1.807, 2.05) is 18.2 Å². The first-order chi connectivity index (χ1) is 11.0. The first-order valence-electron chi connectivity index (χ1n) is 7.00. The number of amides is 1. The largest absolute Gasteiger partial charge is 0.479 e. The Balaban J connectivity index is 1.78. The molecule has 1 amide bonds. The van der Waals surface area contributed by atoms with E-state index in [0.29, 0.717) is 22.1 Å². The summed E-state index contributed by atoms with van der Waals surface area (Å²) in [5.41, 5.74) is -0.172. The van der Waals surface area contributed by atoms with Gasteiger partial charge in [-0.15, -0.1) is 11.3 Å². The van der Waals surface area contributed by atoms with E-state index in [0.717, 1.165) is 16.2 Å². The molecule has 23 heavy (non-hydrogen) atoms. The Morgan fingerprint density at radius 2 is 1.91 bits per heavy atom. The van der Waals surface area contributed by atoms with Crippen LogP contribution in [0.5, 0.6) is 0 Å². The molecule has 0 radical (unpaired) electrons. The minimum atomic E-state index is -1.15. The SMILES string of the molecule is O=C(NC1(C(=O)O)CCSC1)c1ccc(-c2ccc(Cl)cc2)s1. The fraction of sp³-hybridized carbons (Fsp3) is 0.250. The summed E-state index contributed by atoms with van der Waals surface area (Å²) in [6, 6.07) is 11.0. The lowest BCUT2D eigenvalue weighted by atomic mass is 9.99. The van der Waals surface area contributed by atoms with E-state index < -0.39 is 11.5 Å². The summed E-state index contributed by atoms with van der Waals surface area (Å²) in [5, 5.41) is 12.8. The molecule has 4 nitrogen and oxygen atoms in total. The third kappa shape index (κ3) is 3.39. The van der Waals surface area contributed by atoms with Crippen molar-refractivity contribution in [3.05, 3.63) is 46.3 Å². The minimum absolute atomic E-state index is 0.333. The van der Waals surface area contributed by atoms with Crippen LogP contribution in [-0.2, 0) is 4.79 Å². The number of benzene rings is 1. The van der Waals surface area contributed by atoms with Crippen LogP contribution in [-0.4, -0.2) is 34.0 Å². The summed E-state index contributed by atoms with van der Waals surface area (Å²) in [7, 11) is 0. The van der Waals surface area contributed by atoms with Crippen molar-refractivity contribution in [3.63, 3.8) is 0 Å². The summed E-state index contributed by atoms with van der Waals surface area (Å²) < 4.78 is 0. The van der Waals surface area contributed by atoms with Crippen LogP contribution < -0.4 is 5.32 Å². The lowest BCUT2D eigenvalue weighted by Crippen LogP contribution is -2.54. The molecule has 1 aliphatic rings.